The minimum absolute atomic E-state index is 0.0896. The van der Waals surface area contributed by atoms with Gasteiger partial charge in [0.1, 0.15) is 29.0 Å². The smallest absolute Gasteiger partial charge is 0.229 e. The lowest BCUT2D eigenvalue weighted by Crippen LogP contribution is -2.03. The molecular weight excluding hydrogens is 378 g/mol. The molecule has 3 rings (SSSR count). The number of nitrogens with one attached hydrogen (secondary N) is 2. The summed E-state index contributed by atoms with van der Waals surface area (Å²) in [4.78, 5) is 8.38. The zero-order valence-electron chi connectivity index (χ0n) is 14.4. The van der Waals surface area contributed by atoms with E-state index < -0.39 is 11.6 Å². The molecule has 140 valence electrons. The fraction of sp³-hybridized carbons (Fsp3) is 0.111. The lowest BCUT2D eigenvalue weighted by Gasteiger charge is -2.13. The summed E-state index contributed by atoms with van der Waals surface area (Å²) >= 11 is 6.09. The summed E-state index contributed by atoms with van der Waals surface area (Å²) in [7, 11) is 3.00. The van der Waals surface area contributed by atoms with Crippen molar-refractivity contribution >= 4 is 34.7 Å². The van der Waals surface area contributed by atoms with E-state index in [1.807, 2.05) is 0 Å². The van der Waals surface area contributed by atoms with Crippen molar-refractivity contribution in [1.82, 2.24) is 9.97 Å². The molecule has 0 bridgehead atoms. The average molecular weight is 393 g/mol. The second-order valence-corrected chi connectivity index (χ2v) is 5.73. The molecule has 0 fully saturated rings. The van der Waals surface area contributed by atoms with Crippen molar-refractivity contribution < 1.29 is 18.3 Å². The number of ether oxygens (including phenoxy) is 2. The number of aromatic nitrogens is 2. The van der Waals surface area contributed by atoms with Crippen LogP contribution in [0.3, 0.4) is 0 Å². The SMILES string of the molecule is COc1cc(Nc2nccc(Nc3ccc(F)cc3F)n2)c(OC)cc1Cl. The van der Waals surface area contributed by atoms with Crippen molar-refractivity contribution in [3.63, 3.8) is 0 Å². The molecule has 2 aromatic carbocycles. The van der Waals surface area contributed by atoms with E-state index in [1.165, 1.54) is 26.5 Å². The van der Waals surface area contributed by atoms with Crippen LogP contribution in [0, 0.1) is 11.6 Å². The number of halogens is 3. The molecule has 0 saturated carbocycles. The first-order valence-electron chi connectivity index (χ1n) is 7.74. The Morgan fingerprint density at radius 2 is 1.70 bits per heavy atom. The van der Waals surface area contributed by atoms with Gasteiger partial charge in [0.2, 0.25) is 5.95 Å². The molecule has 0 spiro atoms. The number of rotatable bonds is 6. The summed E-state index contributed by atoms with van der Waals surface area (Å²) in [5.41, 5.74) is 0.621. The van der Waals surface area contributed by atoms with Gasteiger partial charge in [-0.3, -0.25) is 0 Å². The summed E-state index contributed by atoms with van der Waals surface area (Å²) in [6.45, 7) is 0. The van der Waals surface area contributed by atoms with Gasteiger partial charge in [0.25, 0.3) is 0 Å². The van der Waals surface area contributed by atoms with Crippen molar-refractivity contribution in [3.8, 4) is 11.5 Å². The molecule has 6 nitrogen and oxygen atoms in total. The predicted molar refractivity (Wildman–Crippen MR) is 99.5 cm³/mol. The van der Waals surface area contributed by atoms with Crippen LogP contribution in [0.4, 0.5) is 31.9 Å². The fourth-order valence-electron chi connectivity index (χ4n) is 2.30. The van der Waals surface area contributed by atoms with Crippen molar-refractivity contribution in [1.29, 1.82) is 0 Å². The first kappa shape index (κ1) is 18.7. The van der Waals surface area contributed by atoms with Crippen LogP contribution < -0.4 is 20.1 Å². The molecule has 0 amide bonds. The van der Waals surface area contributed by atoms with E-state index in [0.717, 1.165) is 12.1 Å². The largest absolute Gasteiger partial charge is 0.495 e. The van der Waals surface area contributed by atoms with Gasteiger partial charge in [-0.2, -0.15) is 4.98 Å². The molecule has 1 aromatic heterocycles. The molecule has 0 radical (unpaired) electrons. The third kappa shape index (κ3) is 4.35. The highest BCUT2D eigenvalue weighted by Crippen LogP contribution is 2.37. The van der Waals surface area contributed by atoms with E-state index in [1.54, 1.807) is 18.2 Å². The zero-order chi connectivity index (χ0) is 19.4. The lowest BCUT2D eigenvalue weighted by molar-refractivity contribution is 0.405. The molecule has 0 aliphatic carbocycles. The summed E-state index contributed by atoms with van der Waals surface area (Å²) < 4.78 is 37.3. The Kier molecular flexibility index (Phi) is 5.56. The molecule has 1 heterocycles. The van der Waals surface area contributed by atoms with Gasteiger partial charge in [-0.05, 0) is 18.2 Å². The average Bonchev–Trinajstić information content (AvgIpc) is 2.65. The highest BCUT2D eigenvalue weighted by Gasteiger charge is 2.12. The van der Waals surface area contributed by atoms with E-state index >= 15 is 0 Å². The molecule has 0 aliphatic heterocycles. The first-order valence-corrected chi connectivity index (χ1v) is 8.11. The number of hydrogen-bond acceptors (Lipinski definition) is 6. The van der Waals surface area contributed by atoms with E-state index in [2.05, 4.69) is 20.6 Å². The van der Waals surface area contributed by atoms with Gasteiger partial charge in [-0.25, -0.2) is 13.8 Å². The van der Waals surface area contributed by atoms with Gasteiger partial charge < -0.3 is 20.1 Å². The summed E-state index contributed by atoms with van der Waals surface area (Å²) in [5, 5.41) is 6.16. The third-order valence-corrected chi connectivity index (χ3v) is 3.87. The lowest BCUT2D eigenvalue weighted by atomic mass is 10.2. The summed E-state index contributed by atoms with van der Waals surface area (Å²) in [6, 6.07) is 8.01. The summed E-state index contributed by atoms with van der Waals surface area (Å²) in [6.07, 6.45) is 1.48. The van der Waals surface area contributed by atoms with Crippen LogP contribution in [0.25, 0.3) is 0 Å². The van der Waals surface area contributed by atoms with E-state index in [4.69, 9.17) is 21.1 Å². The third-order valence-electron chi connectivity index (χ3n) is 3.57. The molecule has 0 atom stereocenters. The number of methoxy groups -OCH3 is 2. The Hall–Kier alpha value is -3.13. The predicted octanol–water partition coefficient (Wildman–Crippen LogP) is 4.91. The zero-order valence-corrected chi connectivity index (χ0v) is 15.1. The van der Waals surface area contributed by atoms with E-state index in [-0.39, 0.29) is 11.6 Å². The number of benzene rings is 2. The van der Waals surface area contributed by atoms with Crippen LogP contribution in [0.1, 0.15) is 0 Å². The van der Waals surface area contributed by atoms with Gasteiger partial charge >= 0.3 is 0 Å². The number of nitrogens with zero attached hydrogens (tertiary/aromatic N) is 2. The maximum absolute atomic E-state index is 13.8. The van der Waals surface area contributed by atoms with E-state index in [9.17, 15) is 8.78 Å². The normalized spacial score (nSPS) is 10.4. The molecule has 3 aromatic rings. The highest BCUT2D eigenvalue weighted by atomic mass is 35.5. The van der Waals surface area contributed by atoms with Crippen molar-refractivity contribution in [2.45, 2.75) is 0 Å². The van der Waals surface area contributed by atoms with Gasteiger partial charge in [-0.1, -0.05) is 11.6 Å². The maximum atomic E-state index is 13.8. The van der Waals surface area contributed by atoms with Crippen LogP contribution in [0.15, 0.2) is 42.6 Å². The maximum Gasteiger partial charge on any atom is 0.229 e. The van der Waals surface area contributed by atoms with E-state index in [0.29, 0.717) is 28.0 Å². The Bertz CT molecular complexity index is 972. The molecule has 0 saturated heterocycles. The fourth-order valence-corrected chi connectivity index (χ4v) is 2.53. The molecular formula is C18H15ClF2N4O2. The monoisotopic (exact) mass is 392 g/mol. The van der Waals surface area contributed by atoms with Gasteiger partial charge in [-0.15, -0.1) is 0 Å². The second-order valence-electron chi connectivity index (χ2n) is 5.33. The standard InChI is InChI=1S/C18H15ClF2N4O2/c1-26-15-9-14(16(27-2)8-11(15)19)24-18-22-6-5-17(25-18)23-13-4-3-10(20)7-12(13)21/h3-9H,1-2H3,(H2,22,23,24,25). The Labute approximate surface area is 159 Å². The molecule has 9 heteroatoms. The Morgan fingerprint density at radius 1 is 0.926 bits per heavy atom. The molecule has 0 unspecified atom stereocenters. The second kappa shape index (κ2) is 8.05. The minimum Gasteiger partial charge on any atom is -0.495 e. The van der Waals surface area contributed by atoms with Gasteiger partial charge in [0.05, 0.1) is 30.6 Å². The first-order chi connectivity index (χ1) is 13.0. The number of anilines is 4. The molecule has 0 aliphatic rings. The number of hydrogen-bond donors (Lipinski definition) is 2. The quantitative estimate of drug-likeness (QED) is 0.621. The molecule has 2 N–H and O–H groups in total. The minimum atomic E-state index is -0.729. The van der Waals surface area contributed by atoms with Crippen LogP contribution in [-0.2, 0) is 0 Å². The highest BCUT2D eigenvalue weighted by molar-refractivity contribution is 6.32. The van der Waals surface area contributed by atoms with Crippen molar-refractivity contribution in [2.24, 2.45) is 0 Å². The van der Waals surface area contributed by atoms with Crippen LogP contribution in [-0.4, -0.2) is 24.2 Å². The van der Waals surface area contributed by atoms with Crippen LogP contribution in [0.2, 0.25) is 5.02 Å². The topological polar surface area (TPSA) is 68.3 Å². The summed E-state index contributed by atoms with van der Waals surface area (Å²) in [5.74, 6) is 0.0668. The van der Waals surface area contributed by atoms with Crippen molar-refractivity contribution in [3.05, 3.63) is 59.3 Å². The molecule has 27 heavy (non-hydrogen) atoms. The van der Waals surface area contributed by atoms with Gasteiger partial charge in [0.15, 0.2) is 0 Å². The van der Waals surface area contributed by atoms with Crippen LogP contribution >= 0.6 is 11.6 Å². The van der Waals surface area contributed by atoms with Crippen LogP contribution in [0.5, 0.6) is 11.5 Å². The Balaban J connectivity index is 1.86. The van der Waals surface area contributed by atoms with Crippen molar-refractivity contribution in [2.75, 3.05) is 24.9 Å². The Morgan fingerprint density at radius 3 is 2.41 bits per heavy atom. The van der Waals surface area contributed by atoms with Gasteiger partial charge in [0, 0.05) is 24.4 Å².